The van der Waals surface area contributed by atoms with Crippen LogP contribution in [0.25, 0.3) is 0 Å². The van der Waals surface area contributed by atoms with Crippen LogP contribution in [0.1, 0.15) is 48.9 Å². The average Bonchev–Trinajstić information content (AvgIpc) is 2.62. The van der Waals surface area contributed by atoms with E-state index in [1.54, 1.807) is 0 Å². The standard InChI is InChI=1S/C17H21NO8.H3N/c19-10-11-25-15(20)8-3-1-2-4-9-16(21)26-17(22)13-6-5-7-14(12-13)18(23)24;/h5-7,12,19H,1-4,8-11H2;1H3. The molecular weight excluding hydrogens is 360 g/mol. The van der Waals surface area contributed by atoms with E-state index in [0.29, 0.717) is 25.7 Å². The van der Waals surface area contributed by atoms with Crippen LogP contribution in [0.4, 0.5) is 5.69 Å². The minimum atomic E-state index is -0.926. The highest BCUT2D eigenvalue weighted by Crippen LogP contribution is 2.14. The highest BCUT2D eigenvalue weighted by molar-refractivity contribution is 5.97. The first-order valence-corrected chi connectivity index (χ1v) is 8.20. The Hall–Kier alpha value is -2.85. The predicted octanol–water partition coefficient (Wildman–Crippen LogP) is 2.32. The fourth-order valence-electron chi connectivity index (χ4n) is 2.08. The minimum Gasteiger partial charge on any atom is -0.463 e. The van der Waals surface area contributed by atoms with Gasteiger partial charge < -0.3 is 20.7 Å². The van der Waals surface area contributed by atoms with E-state index in [-0.39, 0.29) is 49.4 Å². The first-order valence-electron chi connectivity index (χ1n) is 8.20. The van der Waals surface area contributed by atoms with Gasteiger partial charge in [-0.15, -0.1) is 0 Å². The van der Waals surface area contributed by atoms with E-state index in [1.807, 2.05) is 0 Å². The Kier molecular flexibility index (Phi) is 12.0. The zero-order valence-electron chi connectivity index (χ0n) is 14.9. The largest absolute Gasteiger partial charge is 0.463 e. The Labute approximate surface area is 156 Å². The van der Waals surface area contributed by atoms with E-state index >= 15 is 0 Å². The Balaban J connectivity index is 0.00000676. The third-order valence-corrected chi connectivity index (χ3v) is 3.37. The smallest absolute Gasteiger partial charge is 0.346 e. The summed E-state index contributed by atoms with van der Waals surface area (Å²) >= 11 is 0. The van der Waals surface area contributed by atoms with E-state index in [2.05, 4.69) is 4.74 Å². The number of benzene rings is 1. The van der Waals surface area contributed by atoms with Crippen LogP contribution in [-0.2, 0) is 19.1 Å². The van der Waals surface area contributed by atoms with Crippen molar-refractivity contribution in [2.45, 2.75) is 38.5 Å². The summed E-state index contributed by atoms with van der Waals surface area (Å²) in [5.41, 5.74) is -0.321. The van der Waals surface area contributed by atoms with Gasteiger partial charge in [-0.1, -0.05) is 18.9 Å². The molecule has 4 N–H and O–H groups in total. The van der Waals surface area contributed by atoms with Crippen molar-refractivity contribution in [2.75, 3.05) is 13.2 Å². The summed E-state index contributed by atoms with van der Waals surface area (Å²) in [6.45, 7) is -0.216. The molecule has 0 bridgehead atoms. The predicted molar refractivity (Wildman–Crippen MR) is 94.3 cm³/mol. The number of hydrogen-bond donors (Lipinski definition) is 2. The second-order valence-electron chi connectivity index (χ2n) is 5.43. The van der Waals surface area contributed by atoms with Crippen molar-refractivity contribution < 1.29 is 33.9 Å². The van der Waals surface area contributed by atoms with Crippen molar-refractivity contribution in [2.24, 2.45) is 0 Å². The normalized spacial score (nSPS) is 9.81. The van der Waals surface area contributed by atoms with Gasteiger partial charge in [-0.25, -0.2) is 4.79 Å². The lowest BCUT2D eigenvalue weighted by Crippen LogP contribution is -2.12. The third kappa shape index (κ3) is 10.0. The van der Waals surface area contributed by atoms with Gasteiger partial charge in [-0.3, -0.25) is 19.7 Å². The lowest BCUT2D eigenvalue weighted by molar-refractivity contribution is -0.384. The lowest BCUT2D eigenvalue weighted by Gasteiger charge is -2.04. The molecule has 150 valence electrons. The highest BCUT2D eigenvalue weighted by Gasteiger charge is 2.16. The van der Waals surface area contributed by atoms with Crippen molar-refractivity contribution in [3.05, 3.63) is 39.9 Å². The van der Waals surface area contributed by atoms with Gasteiger partial charge in [-0.2, -0.15) is 0 Å². The molecule has 0 radical (unpaired) electrons. The van der Waals surface area contributed by atoms with Crippen LogP contribution in [0.15, 0.2) is 24.3 Å². The number of carbonyl (C=O) groups is 3. The SMILES string of the molecule is N.O=C(CCCCCCC(=O)OC(=O)c1cccc([N+](=O)[O-])c1)OCCO. The number of aliphatic hydroxyl groups excluding tert-OH is 1. The Morgan fingerprint density at radius 3 is 2.26 bits per heavy atom. The quantitative estimate of drug-likeness (QED) is 0.191. The molecule has 0 saturated carbocycles. The summed E-state index contributed by atoms with van der Waals surface area (Å²) in [6.07, 6.45) is 2.76. The summed E-state index contributed by atoms with van der Waals surface area (Å²) in [7, 11) is 0. The van der Waals surface area contributed by atoms with E-state index < -0.39 is 16.9 Å². The minimum absolute atomic E-state index is 0. The van der Waals surface area contributed by atoms with Crippen LogP contribution in [0.2, 0.25) is 0 Å². The van der Waals surface area contributed by atoms with E-state index in [1.165, 1.54) is 18.2 Å². The second-order valence-corrected chi connectivity index (χ2v) is 5.43. The molecule has 10 nitrogen and oxygen atoms in total. The fraction of sp³-hybridized carbons (Fsp3) is 0.471. The molecule has 0 aliphatic rings. The van der Waals surface area contributed by atoms with E-state index in [0.717, 1.165) is 6.07 Å². The van der Waals surface area contributed by atoms with Crippen LogP contribution < -0.4 is 6.15 Å². The van der Waals surface area contributed by atoms with Gasteiger partial charge in [0, 0.05) is 25.0 Å². The van der Waals surface area contributed by atoms with Crippen molar-refractivity contribution in [3.8, 4) is 0 Å². The Bertz CT molecular complexity index is 648. The zero-order chi connectivity index (χ0) is 19.4. The molecule has 0 spiro atoms. The van der Waals surface area contributed by atoms with Gasteiger partial charge in [0.15, 0.2) is 0 Å². The van der Waals surface area contributed by atoms with Crippen LogP contribution in [0, 0.1) is 10.1 Å². The number of aliphatic hydroxyl groups is 1. The Morgan fingerprint density at radius 2 is 1.67 bits per heavy atom. The number of nitro benzene ring substituents is 1. The van der Waals surface area contributed by atoms with Gasteiger partial charge in [0.2, 0.25) is 0 Å². The van der Waals surface area contributed by atoms with Crippen molar-refractivity contribution in [1.29, 1.82) is 0 Å². The first kappa shape index (κ1) is 24.1. The van der Waals surface area contributed by atoms with E-state index in [9.17, 15) is 24.5 Å². The molecule has 0 saturated heterocycles. The third-order valence-electron chi connectivity index (χ3n) is 3.37. The molecule has 1 aromatic carbocycles. The van der Waals surface area contributed by atoms with Crippen molar-refractivity contribution >= 4 is 23.6 Å². The molecular formula is C17H24N2O8. The maximum absolute atomic E-state index is 11.8. The van der Waals surface area contributed by atoms with Crippen LogP contribution >= 0.6 is 0 Å². The molecule has 0 atom stereocenters. The van der Waals surface area contributed by atoms with Gasteiger partial charge in [0.25, 0.3) is 5.69 Å². The number of non-ortho nitro benzene ring substituents is 1. The zero-order valence-corrected chi connectivity index (χ0v) is 14.9. The number of esters is 3. The number of rotatable bonds is 11. The van der Waals surface area contributed by atoms with Crippen molar-refractivity contribution in [1.82, 2.24) is 6.15 Å². The second kappa shape index (κ2) is 13.4. The monoisotopic (exact) mass is 384 g/mol. The number of nitro groups is 1. The molecule has 0 amide bonds. The molecule has 1 rings (SSSR count). The van der Waals surface area contributed by atoms with E-state index in [4.69, 9.17) is 9.84 Å². The van der Waals surface area contributed by atoms with Gasteiger partial charge in [0.1, 0.15) is 6.61 Å². The van der Waals surface area contributed by atoms with Crippen LogP contribution in [0.5, 0.6) is 0 Å². The van der Waals surface area contributed by atoms with Gasteiger partial charge in [-0.05, 0) is 18.9 Å². The molecule has 0 aliphatic heterocycles. The molecule has 1 aromatic rings. The first-order chi connectivity index (χ1) is 12.4. The summed E-state index contributed by atoms with van der Waals surface area (Å²) in [5.74, 6) is -2.00. The molecule has 0 aromatic heterocycles. The summed E-state index contributed by atoms with van der Waals surface area (Å²) in [5, 5.41) is 19.2. The molecule has 0 fully saturated rings. The lowest BCUT2D eigenvalue weighted by atomic mass is 10.1. The maximum atomic E-state index is 11.8. The molecule has 27 heavy (non-hydrogen) atoms. The van der Waals surface area contributed by atoms with Gasteiger partial charge in [0.05, 0.1) is 17.1 Å². The summed E-state index contributed by atoms with van der Waals surface area (Å²) in [6, 6.07) is 4.95. The molecule has 0 heterocycles. The van der Waals surface area contributed by atoms with Crippen LogP contribution in [0.3, 0.4) is 0 Å². The maximum Gasteiger partial charge on any atom is 0.346 e. The highest BCUT2D eigenvalue weighted by atomic mass is 16.6. The number of unbranched alkanes of at least 4 members (excludes halogenated alkanes) is 3. The molecule has 10 heteroatoms. The van der Waals surface area contributed by atoms with Gasteiger partial charge >= 0.3 is 17.9 Å². The Morgan fingerprint density at radius 1 is 1.04 bits per heavy atom. The number of carbonyl (C=O) groups excluding carboxylic acids is 3. The topological polar surface area (TPSA) is 168 Å². The number of hydrogen-bond acceptors (Lipinski definition) is 9. The molecule has 0 aliphatic carbocycles. The summed E-state index contributed by atoms with van der Waals surface area (Å²) < 4.78 is 9.36. The van der Waals surface area contributed by atoms with Crippen molar-refractivity contribution in [3.63, 3.8) is 0 Å². The number of ether oxygens (including phenoxy) is 2. The number of nitrogens with zero attached hydrogens (tertiary/aromatic N) is 1. The average molecular weight is 384 g/mol. The summed E-state index contributed by atoms with van der Waals surface area (Å²) in [4.78, 5) is 44.6. The van der Waals surface area contributed by atoms with Crippen LogP contribution in [-0.4, -0.2) is 41.2 Å². The molecule has 0 unspecified atom stereocenters. The fourth-order valence-corrected chi connectivity index (χ4v) is 2.08.